The number of thiocarbonyl (C=S) groups is 1. The first-order chi connectivity index (χ1) is 8.91. The van der Waals surface area contributed by atoms with Crippen LogP contribution in [0.2, 0.25) is 0 Å². The highest BCUT2D eigenvalue weighted by molar-refractivity contribution is 7.80. The van der Waals surface area contributed by atoms with Gasteiger partial charge in [0.1, 0.15) is 22.3 Å². The number of hydrogen-bond acceptors (Lipinski definition) is 2. The van der Waals surface area contributed by atoms with Gasteiger partial charge in [-0.05, 0) is 19.1 Å². The molecule has 0 atom stereocenters. The first-order valence-corrected chi connectivity index (χ1v) is 5.80. The normalized spacial score (nSPS) is 10.5. The van der Waals surface area contributed by atoms with Crippen LogP contribution < -0.4 is 11.2 Å². The second-order valence-corrected chi connectivity index (χ2v) is 4.44. The highest BCUT2D eigenvalue weighted by Crippen LogP contribution is 2.19. The molecule has 0 amide bonds. The summed E-state index contributed by atoms with van der Waals surface area (Å²) < 4.78 is 28.7. The lowest BCUT2D eigenvalue weighted by Crippen LogP contribution is -2.23. The Kier molecular flexibility index (Phi) is 3.44. The summed E-state index contributed by atoms with van der Waals surface area (Å²) in [6.45, 7) is 1.57. The number of halogens is 2. The van der Waals surface area contributed by atoms with Gasteiger partial charge in [0, 0.05) is 18.0 Å². The topological polar surface area (TPSA) is 48.0 Å². The molecule has 2 rings (SSSR count). The van der Waals surface area contributed by atoms with Crippen molar-refractivity contribution in [2.45, 2.75) is 6.92 Å². The summed E-state index contributed by atoms with van der Waals surface area (Å²) in [4.78, 5) is 11.6. The fourth-order valence-electron chi connectivity index (χ4n) is 1.78. The monoisotopic (exact) mass is 280 g/mol. The van der Waals surface area contributed by atoms with Gasteiger partial charge in [0.05, 0.1) is 5.56 Å². The van der Waals surface area contributed by atoms with Crippen molar-refractivity contribution in [3.05, 3.63) is 63.6 Å². The second kappa shape index (κ2) is 4.89. The quantitative estimate of drug-likeness (QED) is 0.857. The highest BCUT2D eigenvalue weighted by atomic mass is 32.1. The van der Waals surface area contributed by atoms with E-state index in [1.54, 1.807) is 6.92 Å². The molecule has 3 nitrogen and oxygen atoms in total. The summed E-state index contributed by atoms with van der Waals surface area (Å²) in [7, 11) is 0. The molecule has 0 saturated carbocycles. The van der Waals surface area contributed by atoms with E-state index >= 15 is 0 Å². The Morgan fingerprint density at radius 2 is 1.89 bits per heavy atom. The van der Waals surface area contributed by atoms with Gasteiger partial charge < -0.3 is 10.3 Å². The van der Waals surface area contributed by atoms with Crippen LogP contribution in [0.4, 0.5) is 8.78 Å². The van der Waals surface area contributed by atoms with Crippen LogP contribution in [-0.2, 0) is 0 Å². The third-order valence-corrected chi connectivity index (χ3v) is 2.91. The lowest BCUT2D eigenvalue weighted by atomic mass is 10.2. The minimum atomic E-state index is -0.736. The fourth-order valence-corrected chi connectivity index (χ4v) is 1.93. The second-order valence-electron chi connectivity index (χ2n) is 4.00. The third kappa shape index (κ3) is 2.39. The summed E-state index contributed by atoms with van der Waals surface area (Å²) in [5.41, 5.74) is 5.20. The molecular formula is C13H10F2N2OS. The SMILES string of the molecule is Cc1cc(=O)c(C(N)=S)cn1-c1c(F)cccc1F. The number of para-hydroxylation sites is 1. The molecule has 0 aliphatic carbocycles. The van der Waals surface area contributed by atoms with Crippen LogP contribution in [0.15, 0.2) is 35.3 Å². The van der Waals surface area contributed by atoms with Gasteiger partial charge in [-0.2, -0.15) is 0 Å². The average molecular weight is 280 g/mol. The predicted octanol–water partition coefficient (Wildman–Crippen LogP) is 2.06. The molecule has 1 aromatic carbocycles. The van der Waals surface area contributed by atoms with Crippen molar-refractivity contribution in [3.63, 3.8) is 0 Å². The molecule has 0 bridgehead atoms. The van der Waals surface area contributed by atoms with Gasteiger partial charge in [0.15, 0.2) is 5.43 Å². The van der Waals surface area contributed by atoms with E-state index < -0.39 is 11.6 Å². The van der Waals surface area contributed by atoms with Gasteiger partial charge in [0.2, 0.25) is 0 Å². The predicted molar refractivity (Wildman–Crippen MR) is 72.6 cm³/mol. The number of nitrogens with two attached hydrogens (primary N) is 1. The van der Waals surface area contributed by atoms with Gasteiger partial charge in [-0.25, -0.2) is 8.78 Å². The molecule has 0 aliphatic heterocycles. The fraction of sp³-hybridized carbons (Fsp3) is 0.0769. The zero-order valence-electron chi connectivity index (χ0n) is 9.98. The van der Waals surface area contributed by atoms with Crippen LogP contribution in [-0.4, -0.2) is 9.56 Å². The molecule has 98 valence electrons. The smallest absolute Gasteiger partial charge is 0.192 e. The Morgan fingerprint density at radius 3 is 2.42 bits per heavy atom. The molecule has 1 aromatic heterocycles. The average Bonchev–Trinajstić information content (AvgIpc) is 2.30. The molecule has 6 heteroatoms. The largest absolute Gasteiger partial charge is 0.389 e. The summed E-state index contributed by atoms with van der Waals surface area (Å²) in [6, 6.07) is 4.77. The van der Waals surface area contributed by atoms with Gasteiger partial charge in [-0.3, -0.25) is 4.79 Å². The van der Waals surface area contributed by atoms with E-state index in [2.05, 4.69) is 0 Å². The Hall–Kier alpha value is -2.08. The number of aromatic nitrogens is 1. The first-order valence-electron chi connectivity index (χ1n) is 5.39. The van der Waals surface area contributed by atoms with E-state index in [0.29, 0.717) is 5.69 Å². The minimum Gasteiger partial charge on any atom is -0.389 e. The highest BCUT2D eigenvalue weighted by Gasteiger charge is 2.14. The number of aryl methyl sites for hydroxylation is 1. The third-order valence-electron chi connectivity index (χ3n) is 2.69. The lowest BCUT2D eigenvalue weighted by Gasteiger charge is -2.13. The van der Waals surface area contributed by atoms with Crippen LogP contribution in [0.5, 0.6) is 0 Å². The Balaban J connectivity index is 2.80. The maximum absolute atomic E-state index is 13.7. The molecule has 0 unspecified atom stereocenters. The molecular weight excluding hydrogens is 270 g/mol. The van der Waals surface area contributed by atoms with Crippen LogP contribution >= 0.6 is 12.2 Å². The number of rotatable bonds is 2. The Bertz CT molecular complexity index is 705. The molecule has 0 spiro atoms. The molecule has 19 heavy (non-hydrogen) atoms. The van der Waals surface area contributed by atoms with Gasteiger partial charge in [0.25, 0.3) is 0 Å². The number of benzene rings is 1. The summed E-state index contributed by atoms with van der Waals surface area (Å²) in [5.74, 6) is -1.47. The van der Waals surface area contributed by atoms with Gasteiger partial charge in [-0.15, -0.1) is 0 Å². The van der Waals surface area contributed by atoms with Crippen molar-refractivity contribution < 1.29 is 8.78 Å². The summed E-state index contributed by atoms with van der Waals surface area (Å²) >= 11 is 4.75. The Morgan fingerprint density at radius 1 is 1.32 bits per heavy atom. The molecule has 1 heterocycles. The standard InChI is InChI=1S/C13H10F2N2OS/c1-7-5-11(18)8(13(16)19)6-17(7)12-9(14)3-2-4-10(12)15/h2-6H,1H3,(H2,16,19). The van der Waals surface area contributed by atoms with E-state index in [-0.39, 0.29) is 21.7 Å². The number of pyridine rings is 1. The maximum atomic E-state index is 13.7. The molecule has 2 aromatic rings. The summed E-state index contributed by atoms with van der Waals surface area (Å²) in [6.07, 6.45) is 1.25. The molecule has 0 aliphatic rings. The van der Waals surface area contributed by atoms with E-state index in [1.165, 1.54) is 22.9 Å². The molecule has 0 saturated heterocycles. The number of hydrogen-bond donors (Lipinski definition) is 1. The Labute approximate surface area is 113 Å². The number of nitrogens with zero attached hydrogens (tertiary/aromatic N) is 1. The van der Waals surface area contributed by atoms with Crippen LogP contribution in [0.3, 0.4) is 0 Å². The lowest BCUT2D eigenvalue weighted by molar-refractivity contribution is 0.567. The van der Waals surface area contributed by atoms with Crippen molar-refractivity contribution in [2.75, 3.05) is 0 Å². The molecule has 2 N–H and O–H groups in total. The zero-order valence-corrected chi connectivity index (χ0v) is 10.8. The van der Waals surface area contributed by atoms with Crippen molar-refractivity contribution in [1.82, 2.24) is 4.57 Å². The summed E-state index contributed by atoms with van der Waals surface area (Å²) in [5, 5.41) is 0. The van der Waals surface area contributed by atoms with Crippen LogP contribution in [0, 0.1) is 18.6 Å². The van der Waals surface area contributed by atoms with Gasteiger partial charge in [-0.1, -0.05) is 18.3 Å². The van der Waals surface area contributed by atoms with E-state index in [4.69, 9.17) is 18.0 Å². The van der Waals surface area contributed by atoms with Crippen molar-refractivity contribution in [2.24, 2.45) is 5.73 Å². The van der Waals surface area contributed by atoms with Crippen molar-refractivity contribution in [3.8, 4) is 5.69 Å². The van der Waals surface area contributed by atoms with Crippen molar-refractivity contribution >= 4 is 17.2 Å². The van der Waals surface area contributed by atoms with Crippen LogP contribution in [0.1, 0.15) is 11.3 Å². The first kappa shape index (κ1) is 13.4. The zero-order chi connectivity index (χ0) is 14.2. The van der Waals surface area contributed by atoms with E-state index in [1.807, 2.05) is 0 Å². The van der Waals surface area contributed by atoms with Crippen molar-refractivity contribution in [1.29, 1.82) is 0 Å². The minimum absolute atomic E-state index is 0.0447. The maximum Gasteiger partial charge on any atom is 0.192 e. The molecule has 0 radical (unpaired) electrons. The van der Waals surface area contributed by atoms with Gasteiger partial charge >= 0.3 is 0 Å². The van der Waals surface area contributed by atoms with E-state index in [0.717, 1.165) is 12.1 Å². The van der Waals surface area contributed by atoms with Crippen LogP contribution in [0.25, 0.3) is 5.69 Å². The molecule has 0 fully saturated rings. The van der Waals surface area contributed by atoms with E-state index in [9.17, 15) is 13.6 Å².